The summed E-state index contributed by atoms with van der Waals surface area (Å²) in [5.41, 5.74) is -0.730. The summed E-state index contributed by atoms with van der Waals surface area (Å²) < 4.78 is 26.7. The van der Waals surface area contributed by atoms with Gasteiger partial charge in [-0.15, -0.1) is 0 Å². The molecule has 0 saturated heterocycles. The third-order valence-electron chi connectivity index (χ3n) is 9.85. The molecule has 7 aromatic rings. The molecule has 0 fully saturated rings. The second kappa shape index (κ2) is 13.9. The van der Waals surface area contributed by atoms with Crippen molar-refractivity contribution in [2.45, 2.75) is 0 Å². The van der Waals surface area contributed by atoms with Gasteiger partial charge in [0.25, 0.3) is 0 Å². The molecule has 4 aliphatic heterocycles. The molecule has 19 heteroatoms. The van der Waals surface area contributed by atoms with E-state index in [1.54, 1.807) is 12.1 Å². The number of carbonyl (C=O) groups excluding carboxylic acids is 9. The van der Waals surface area contributed by atoms with Crippen molar-refractivity contribution >= 4 is 75.1 Å². The van der Waals surface area contributed by atoms with Crippen molar-refractivity contribution in [1.29, 1.82) is 0 Å². The average molecular weight is 835 g/mol. The van der Waals surface area contributed by atoms with E-state index >= 15 is 0 Å². The third-order valence-corrected chi connectivity index (χ3v) is 9.85. The first kappa shape index (κ1) is 38.1. The molecule has 0 aliphatic carbocycles. The van der Waals surface area contributed by atoms with Gasteiger partial charge in [0, 0.05) is 11.1 Å². The first-order chi connectivity index (χ1) is 29.6. The molecule has 19 nitrogen and oxygen atoms in total. The molecule has 11 rings (SSSR count). The minimum atomic E-state index is -0.824. The van der Waals surface area contributed by atoms with E-state index in [9.17, 15) is 62.3 Å². The number of rotatable bonds is 3. The Morgan fingerprint density at radius 3 is 0.855 bits per heavy atom. The summed E-state index contributed by atoms with van der Waals surface area (Å²) in [5.74, 6) is -6.35. The number of furan rings is 2. The fourth-order valence-corrected chi connectivity index (χ4v) is 6.81. The second-order valence-corrected chi connectivity index (χ2v) is 13.4. The van der Waals surface area contributed by atoms with Crippen molar-refractivity contribution in [1.82, 2.24) is 0 Å². The quantitative estimate of drug-likeness (QED) is 0.107. The van der Waals surface area contributed by atoms with Crippen molar-refractivity contribution < 1.29 is 70.9 Å². The maximum atomic E-state index is 12.5. The van der Waals surface area contributed by atoms with E-state index < -0.39 is 76.0 Å². The Labute approximate surface area is 338 Å². The zero-order valence-electron chi connectivity index (χ0n) is 30.3. The number of benzene rings is 5. The number of ether oxygens (including phenoxy) is 4. The molecule has 0 unspecified atom stereocenters. The van der Waals surface area contributed by atoms with Gasteiger partial charge in [0.1, 0.15) is 0 Å². The molecule has 4 aliphatic rings. The van der Waals surface area contributed by atoms with Gasteiger partial charge >= 0.3 is 70.3 Å². The summed E-state index contributed by atoms with van der Waals surface area (Å²) in [5, 5.41) is -0.0726. The molecular formula is C43H14O19. The number of hydrogen-bond donors (Lipinski definition) is 0. The van der Waals surface area contributed by atoms with Crippen LogP contribution < -0.4 is 22.5 Å². The van der Waals surface area contributed by atoms with Crippen LogP contribution in [0.2, 0.25) is 0 Å². The van der Waals surface area contributed by atoms with Crippen LogP contribution in [0.15, 0.2) is 113 Å². The first-order valence-corrected chi connectivity index (χ1v) is 17.5. The lowest BCUT2D eigenvalue weighted by Gasteiger charge is -2.04. The zero-order valence-corrected chi connectivity index (χ0v) is 30.3. The Morgan fingerprint density at radius 1 is 0.290 bits per heavy atom. The van der Waals surface area contributed by atoms with Gasteiger partial charge in [-0.1, -0.05) is 24.3 Å². The molecule has 5 aromatic carbocycles. The third kappa shape index (κ3) is 6.12. The van der Waals surface area contributed by atoms with Crippen LogP contribution >= 0.6 is 0 Å². The van der Waals surface area contributed by atoms with Crippen LogP contribution in [0, 0.1) is 0 Å². The fourth-order valence-electron chi connectivity index (χ4n) is 6.81. The Kier molecular flexibility index (Phi) is 8.54. The van der Waals surface area contributed by atoms with Crippen LogP contribution in [0.4, 0.5) is 0 Å². The Balaban J connectivity index is 0.000000121. The first-order valence-electron chi connectivity index (χ1n) is 17.5. The fraction of sp³-hybridized carbons (Fsp3) is 0. The lowest BCUT2D eigenvalue weighted by Crippen LogP contribution is -2.05. The van der Waals surface area contributed by atoms with E-state index in [2.05, 4.69) is 27.8 Å². The molecule has 2 aromatic heterocycles. The second-order valence-electron chi connectivity index (χ2n) is 13.4. The molecule has 0 spiro atoms. The van der Waals surface area contributed by atoms with Crippen molar-refractivity contribution in [3.8, 4) is 11.1 Å². The maximum absolute atomic E-state index is 12.5. The molecule has 0 radical (unpaired) electrons. The van der Waals surface area contributed by atoms with Gasteiger partial charge in [-0.2, -0.15) is 0 Å². The minimum absolute atomic E-state index is 0.0154. The number of esters is 8. The predicted octanol–water partition coefficient (Wildman–Crippen LogP) is 3.01. The molecule has 0 bridgehead atoms. The van der Waals surface area contributed by atoms with Crippen molar-refractivity contribution in [3.63, 3.8) is 0 Å². The SMILES string of the molecule is O=C(c1ccc2c(c1)C(=O)OC2=O)c1ccc2c(c1)C(=O)OC2=O.O=C1OC(=O)c2cc(-c3ccc4c(c3)C(=O)OC4=O)ccc21.O=c1oc(=O)c2cc3c(=O)oc(=O)c3cc12. The summed E-state index contributed by atoms with van der Waals surface area (Å²) >= 11 is 0. The monoisotopic (exact) mass is 834 g/mol. The van der Waals surface area contributed by atoms with E-state index in [0.717, 1.165) is 12.1 Å². The molecule has 0 N–H and O–H groups in total. The summed E-state index contributed by atoms with van der Waals surface area (Å²) in [4.78, 5) is 149. The highest BCUT2D eigenvalue weighted by Gasteiger charge is 2.34. The predicted molar refractivity (Wildman–Crippen MR) is 201 cm³/mol. The van der Waals surface area contributed by atoms with Crippen LogP contribution in [-0.2, 0) is 18.9 Å². The van der Waals surface area contributed by atoms with E-state index in [0.29, 0.717) is 11.1 Å². The van der Waals surface area contributed by atoms with Gasteiger partial charge < -0.3 is 27.8 Å². The largest absolute Gasteiger partial charge is 0.386 e. The number of carbonyl (C=O) groups is 9. The molecular weight excluding hydrogens is 820 g/mol. The van der Waals surface area contributed by atoms with E-state index in [1.807, 2.05) is 0 Å². The lowest BCUT2D eigenvalue weighted by molar-refractivity contribution is 0.0425. The van der Waals surface area contributed by atoms with E-state index in [4.69, 9.17) is 0 Å². The molecule has 300 valence electrons. The summed E-state index contributed by atoms with van der Waals surface area (Å²) in [7, 11) is 0. The van der Waals surface area contributed by atoms with Crippen LogP contribution in [0.25, 0.3) is 32.7 Å². The highest BCUT2D eigenvalue weighted by molar-refractivity contribution is 6.20. The zero-order chi connectivity index (χ0) is 43.9. The Morgan fingerprint density at radius 2 is 0.548 bits per heavy atom. The van der Waals surface area contributed by atoms with Gasteiger partial charge in [-0.3, -0.25) is 4.79 Å². The maximum Gasteiger partial charge on any atom is 0.346 e. The average Bonchev–Trinajstić information content (AvgIpc) is 4.05. The van der Waals surface area contributed by atoms with Crippen LogP contribution in [0.5, 0.6) is 0 Å². The number of fused-ring (bicyclic) bond motifs is 6. The molecule has 0 amide bonds. The Hall–Kier alpha value is -9.39. The van der Waals surface area contributed by atoms with Crippen molar-refractivity contribution in [2.24, 2.45) is 0 Å². The van der Waals surface area contributed by atoms with Gasteiger partial charge in [-0.05, 0) is 71.8 Å². The lowest BCUT2D eigenvalue weighted by atomic mass is 9.96. The number of hydrogen-bond acceptors (Lipinski definition) is 19. The van der Waals surface area contributed by atoms with Gasteiger partial charge in [0.05, 0.1) is 66.1 Å². The number of cyclic esters (lactones) is 8. The summed E-state index contributed by atoms with van der Waals surface area (Å²) in [6.07, 6.45) is 0. The normalized spacial score (nSPS) is 14.3. The smallest absolute Gasteiger partial charge is 0.346 e. The molecule has 62 heavy (non-hydrogen) atoms. The summed E-state index contributed by atoms with van der Waals surface area (Å²) in [6, 6.07) is 19.6. The molecule has 0 saturated carbocycles. The van der Waals surface area contributed by atoms with E-state index in [1.165, 1.54) is 60.7 Å². The number of ketones is 1. The highest BCUT2D eigenvalue weighted by Crippen LogP contribution is 2.31. The van der Waals surface area contributed by atoms with Gasteiger partial charge in [0.15, 0.2) is 5.78 Å². The van der Waals surface area contributed by atoms with Crippen LogP contribution in [0.3, 0.4) is 0 Å². The van der Waals surface area contributed by atoms with Gasteiger partial charge in [-0.25, -0.2) is 57.5 Å². The topological polar surface area (TPSA) is 285 Å². The molecule has 6 heterocycles. The molecule has 0 atom stereocenters. The van der Waals surface area contributed by atoms with Crippen LogP contribution in [0.1, 0.15) is 98.8 Å². The highest BCUT2D eigenvalue weighted by atomic mass is 16.6. The van der Waals surface area contributed by atoms with E-state index in [-0.39, 0.29) is 77.2 Å². The van der Waals surface area contributed by atoms with Gasteiger partial charge in [0.2, 0.25) is 0 Å². The van der Waals surface area contributed by atoms with Crippen molar-refractivity contribution in [2.75, 3.05) is 0 Å². The summed E-state index contributed by atoms with van der Waals surface area (Å²) in [6.45, 7) is 0. The van der Waals surface area contributed by atoms with Crippen LogP contribution in [-0.4, -0.2) is 53.5 Å². The van der Waals surface area contributed by atoms with Crippen molar-refractivity contribution in [3.05, 3.63) is 182 Å². The minimum Gasteiger partial charge on any atom is -0.386 e. The standard InChI is InChI=1S/C17H6O7.C16H6O6.C10H2O6/c18-13(7-1-3-9-11(5-7)16(21)23-14(9)19)8-2-4-10-12(6-8)17(22)24-15(10)20;17-13-9-3-1-7(5-11(9)15(19)21-13)8-2-4-10-12(6-8)16(20)22-14(10)18;11-7-3-1-4-6(10(14)16-8(4)12)2-5(3)9(13)15-7/h1-6H;1-6H;1-2H. The Bertz CT molecular complexity index is 3270.